The lowest BCUT2D eigenvalue weighted by Crippen LogP contribution is -1.98. The molecule has 0 bridgehead atoms. The van der Waals surface area contributed by atoms with Crippen LogP contribution in [0.15, 0.2) is 48.6 Å². The van der Waals surface area contributed by atoms with E-state index in [0.29, 0.717) is 6.42 Å². The first kappa shape index (κ1) is 33.4. The van der Waals surface area contributed by atoms with E-state index in [-0.39, 0.29) is 5.97 Å². The fourth-order valence-electron chi connectivity index (χ4n) is 2.03. The molecule has 35 heavy (non-hydrogen) atoms. The topological polar surface area (TPSA) is 26.3 Å². The van der Waals surface area contributed by atoms with Crippen molar-refractivity contribution in [2.24, 2.45) is 0 Å². The van der Waals surface area contributed by atoms with Gasteiger partial charge in [0.1, 0.15) is 0 Å². The Bertz CT molecular complexity index is 498. The zero-order valence-corrected chi connectivity index (χ0v) is 23.5. The highest BCUT2D eigenvalue weighted by Crippen LogP contribution is 2.15. The third kappa shape index (κ3) is 54.7. The second kappa shape index (κ2) is 30.5. The molecule has 2 heteroatoms. The lowest BCUT2D eigenvalue weighted by molar-refractivity contribution is -0.140. The molecule has 4 saturated carbocycles. The molecule has 0 spiro atoms. The Labute approximate surface area is 219 Å². The number of rotatable bonds is 14. The highest BCUT2D eigenvalue weighted by Gasteiger charge is 1.97. The molecule has 0 saturated heterocycles. The summed E-state index contributed by atoms with van der Waals surface area (Å²) in [6, 6.07) is 0. The minimum Gasteiger partial charge on any atom is -0.469 e. The van der Waals surface area contributed by atoms with Crippen molar-refractivity contribution in [3.63, 3.8) is 0 Å². The van der Waals surface area contributed by atoms with Crippen LogP contribution in [-0.4, -0.2) is 13.1 Å². The van der Waals surface area contributed by atoms with Gasteiger partial charge in [0, 0.05) is 6.42 Å². The van der Waals surface area contributed by atoms with Crippen LogP contribution in [0.25, 0.3) is 0 Å². The Morgan fingerprint density at radius 2 is 0.886 bits per heavy atom. The van der Waals surface area contributed by atoms with Gasteiger partial charge < -0.3 is 4.74 Å². The molecule has 4 aliphatic carbocycles. The van der Waals surface area contributed by atoms with Crippen molar-refractivity contribution in [2.75, 3.05) is 7.11 Å². The second-order valence-electron chi connectivity index (χ2n) is 9.80. The highest BCUT2D eigenvalue weighted by atomic mass is 16.5. The van der Waals surface area contributed by atoms with Gasteiger partial charge in [-0.3, -0.25) is 4.79 Å². The lowest BCUT2D eigenvalue weighted by atomic mass is 10.2. The monoisotopic (exact) mass is 486 g/mol. The maximum Gasteiger partial charge on any atom is 0.305 e. The Hall–Kier alpha value is -1.57. The minimum atomic E-state index is -0.124. The fourth-order valence-corrected chi connectivity index (χ4v) is 2.03. The van der Waals surface area contributed by atoms with Gasteiger partial charge in [-0.25, -0.2) is 0 Å². The first-order valence-electron chi connectivity index (χ1n) is 15.0. The number of esters is 1. The zero-order valence-electron chi connectivity index (χ0n) is 23.5. The average molecular weight is 487 g/mol. The normalized spacial score (nSPS) is 16.3. The SMILES string of the molecule is C1CC1.C1CC1.C1CC1.C1CC1.CCCCC/C=C\C/C=C\C/C=C\C/C=C\CCCC(=O)OC. The van der Waals surface area contributed by atoms with E-state index in [4.69, 9.17) is 0 Å². The molecule has 0 N–H and O–H groups in total. The van der Waals surface area contributed by atoms with Crippen LogP contribution in [0.3, 0.4) is 0 Å². The van der Waals surface area contributed by atoms with E-state index in [0.717, 1.165) is 32.1 Å². The summed E-state index contributed by atoms with van der Waals surface area (Å²) in [4.78, 5) is 10.9. The largest absolute Gasteiger partial charge is 0.469 e. The molecule has 4 fully saturated rings. The number of unbranched alkanes of at least 4 members (excludes halogenated alkanes) is 4. The molecular weight excluding hydrogens is 428 g/mol. The van der Waals surface area contributed by atoms with Gasteiger partial charge in [-0.15, -0.1) is 0 Å². The molecule has 0 radical (unpaired) electrons. The zero-order chi connectivity index (χ0) is 25.5. The van der Waals surface area contributed by atoms with E-state index in [1.165, 1.54) is 110 Å². The average Bonchev–Trinajstić information content (AvgIpc) is 3.72. The van der Waals surface area contributed by atoms with E-state index in [9.17, 15) is 4.79 Å². The van der Waals surface area contributed by atoms with Crippen LogP contribution < -0.4 is 0 Å². The van der Waals surface area contributed by atoms with Crippen molar-refractivity contribution in [1.82, 2.24) is 0 Å². The predicted molar refractivity (Wildman–Crippen MR) is 156 cm³/mol. The number of hydrogen-bond acceptors (Lipinski definition) is 2. The fraction of sp³-hybridized carbons (Fsp3) is 0.727. The van der Waals surface area contributed by atoms with Gasteiger partial charge in [-0.1, -0.05) is 145 Å². The summed E-state index contributed by atoms with van der Waals surface area (Å²) >= 11 is 0. The Balaban J connectivity index is 0.000000751. The summed E-state index contributed by atoms with van der Waals surface area (Å²) in [5, 5.41) is 0. The van der Waals surface area contributed by atoms with E-state index in [1.807, 2.05) is 0 Å². The summed E-state index contributed by atoms with van der Waals surface area (Å²) in [7, 11) is 1.43. The van der Waals surface area contributed by atoms with Gasteiger partial charge >= 0.3 is 5.97 Å². The van der Waals surface area contributed by atoms with Crippen molar-refractivity contribution in [1.29, 1.82) is 0 Å². The number of allylic oxidation sites excluding steroid dienone is 8. The predicted octanol–water partition coefficient (Wildman–Crippen LogP) is 11.0. The molecule has 0 heterocycles. The molecule has 4 rings (SSSR count). The van der Waals surface area contributed by atoms with Gasteiger partial charge in [0.15, 0.2) is 0 Å². The summed E-state index contributed by atoms with van der Waals surface area (Å²) < 4.78 is 4.59. The van der Waals surface area contributed by atoms with E-state index < -0.39 is 0 Å². The van der Waals surface area contributed by atoms with Crippen molar-refractivity contribution < 1.29 is 9.53 Å². The van der Waals surface area contributed by atoms with Crippen molar-refractivity contribution >= 4 is 5.97 Å². The van der Waals surface area contributed by atoms with Crippen LogP contribution in [0.2, 0.25) is 0 Å². The van der Waals surface area contributed by atoms with E-state index in [2.05, 4.69) is 60.3 Å². The van der Waals surface area contributed by atoms with Crippen LogP contribution in [-0.2, 0) is 9.53 Å². The first-order chi connectivity index (χ1) is 17.3. The van der Waals surface area contributed by atoms with Crippen molar-refractivity contribution in [2.45, 2.75) is 148 Å². The molecule has 202 valence electrons. The molecule has 2 nitrogen and oxygen atoms in total. The summed E-state index contributed by atoms with van der Waals surface area (Å²) in [6.45, 7) is 2.24. The maximum atomic E-state index is 10.9. The van der Waals surface area contributed by atoms with Crippen LogP contribution in [0, 0.1) is 0 Å². The maximum absolute atomic E-state index is 10.9. The standard InChI is InChI=1S/C21H34O2.4C3H6/c1-3-4-5-6-7-8-9-10-11-12-13-14-15-16-17-18-19-20-21(22)23-2;4*1-2-3-1/h7-8,10-11,13-14,16-17H,3-6,9,12,15,18-20H2,1-2H3;4*1-3H2/b8-7-,11-10-,14-13-,17-16-;;;;. The molecule has 0 amide bonds. The Kier molecular flexibility index (Phi) is 29.1. The molecule has 0 aromatic rings. The molecule has 0 unspecified atom stereocenters. The number of carbonyl (C=O) groups is 1. The quantitative estimate of drug-likeness (QED) is 0.139. The van der Waals surface area contributed by atoms with Gasteiger partial charge in [0.05, 0.1) is 7.11 Å². The smallest absolute Gasteiger partial charge is 0.305 e. The molecule has 4 aliphatic rings. The van der Waals surface area contributed by atoms with Gasteiger partial charge in [-0.05, 0) is 44.9 Å². The van der Waals surface area contributed by atoms with E-state index in [1.54, 1.807) is 0 Å². The molecule has 0 aliphatic heterocycles. The van der Waals surface area contributed by atoms with Gasteiger partial charge in [-0.2, -0.15) is 0 Å². The Morgan fingerprint density at radius 3 is 1.20 bits per heavy atom. The van der Waals surface area contributed by atoms with E-state index >= 15 is 0 Å². The minimum absolute atomic E-state index is 0.124. The third-order valence-electron chi connectivity index (χ3n) is 4.85. The second-order valence-corrected chi connectivity index (χ2v) is 9.80. The van der Waals surface area contributed by atoms with Crippen LogP contribution in [0.1, 0.15) is 148 Å². The summed E-state index contributed by atoms with van der Waals surface area (Å²) in [5.41, 5.74) is 0. The van der Waals surface area contributed by atoms with Crippen molar-refractivity contribution in [3.8, 4) is 0 Å². The molecular formula is C33H58O2. The highest BCUT2D eigenvalue weighted by molar-refractivity contribution is 5.69. The number of carbonyl (C=O) groups excluding carboxylic acids is 1. The van der Waals surface area contributed by atoms with Crippen LogP contribution >= 0.6 is 0 Å². The first-order valence-corrected chi connectivity index (χ1v) is 15.0. The number of hydrogen-bond donors (Lipinski definition) is 0. The summed E-state index contributed by atoms with van der Waals surface area (Å²) in [5.74, 6) is -0.124. The third-order valence-corrected chi connectivity index (χ3v) is 4.85. The molecule has 0 aromatic heterocycles. The van der Waals surface area contributed by atoms with Gasteiger partial charge in [0.25, 0.3) is 0 Å². The van der Waals surface area contributed by atoms with Gasteiger partial charge in [0.2, 0.25) is 0 Å². The molecule has 0 atom stereocenters. The van der Waals surface area contributed by atoms with Crippen LogP contribution in [0.5, 0.6) is 0 Å². The summed E-state index contributed by atoms with van der Waals surface area (Å²) in [6.07, 6.45) is 46.1. The van der Waals surface area contributed by atoms with Crippen LogP contribution in [0.4, 0.5) is 0 Å². The van der Waals surface area contributed by atoms with Crippen molar-refractivity contribution in [3.05, 3.63) is 48.6 Å². The lowest BCUT2D eigenvalue weighted by Gasteiger charge is -1.95. The Morgan fingerprint density at radius 1 is 0.543 bits per heavy atom. The number of methoxy groups -OCH3 is 1. The number of ether oxygens (including phenoxy) is 1. The molecule has 0 aromatic carbocycles.